The number of amides is 1. The summed E-state index contributed by atoms with van der Waals surface area (Å²) in [6.07, 6.45) is 3.29. The lowest BCUT2D eigenvalue weighted by molar-refractivity contribution is -0.132. The van der Waals surface area contributed by atoms with Crippen LogP contribution < -0.4 is 5.32 Å². The van der Waals surface area contributed by atoms with Gasteiger partial charge in [-0.15, -0.1) is 0 Å². The molecule has 5 nitrogen and oxygen atoms in total. The summed E-state index contributed by atoms with van der Waals surface area (Å²) in [6, 6.07) is 5.24. The van der Waals surface area contributed by atoms with E-state index in [-0.39, 0.29) is 18.0 Å². The molecule has 1 aliphatic rings. The number of carbonyl (C=O) groups is 2. The highest BCUT2D eigenvalue weighted by atomic mass is 35.5. The number of methoxy groups -OCH3 is 1. The normalized spacial score (nSPS) is 18.0. The number of anilines is 1. The van der Waals surface area contributed by atoms with Gasteiger partial charge in [-0.3, -0.25) is 4.79 Å². The molecular formula is C16H21ClN2O3. The maximum Gasteiger partial charge on any atom is 0.339 e. The number of carbonyl (C=O) groups excluding carboxylic acids is 2. The molecule has 0 aromatic heterocycles. The number of nitrogens with one attached hydrogen (secondary N) is 1. The van der Waals surface area contributed by atoms with Crippen LogP contribution in [0.2, 0.25) is 5.02 Å². The molecule has 1 atom stereocenters. The van der Waals surface area contributed by atoms with Crippen LogP contribution in [0.15, 0.2) is 18.2 Å². The minimum atomic E-state index is -0.496. The van der Waals surface area contributed by atoms with Crippen LogP contribution >= 0.6 is 11.6 Å². The summed E-state index contributed by atoms with van der Waals surface area (Å²) in [7, 11) is 1.31. The van der Waals surface area contributed by atoms with Gasteiger partial charge < -0.3 is 15.0 Å². The molecule has 1 saturated heterocycles. The number of rotatable bonds is 4. The molecule has 2 rings (SSSR count). The van der Waals surface area contributed by atoms with Crippen molar-refractivity contribution in [1.29, 1.82) is 0 Å². The number of piperidine rings is 1. The molecule has 6 heteroatoms. The number of nitrogens with zero attached hydrogens (tertiary/aromatic N) is 1. The quantitative estimate of drug-likeness (QED) is 0.865. The number of hydrogen-bond donors (Lipinski definition) is 1. The van der Waals surface area contributed by atoms with Crippen molar-refractivity contribution in [2.24, 2.45) is 0 Å². The Hall–Kier alpha value is -1.75. The molecule has 0 spiro atoms. The van der Waals surface area contributed by atoms with E-state index in [0.29, 0.717) is 16.8 Å². The molecule has 1 amide bonds. The minimum absolute atomic E-state index is 0.0711. The molecule has 1 heterocycles. The van der Waals surface area contributed by atoms with E-state index < -0.39 is 5.97 Å². The molecule has 1 fully saturated rings. The SMILES string of the molecule is COC(=O)c1cc(NCC(=O)N2CCCC[C@@H]2C)ccc1Cl. The molecule has 1 aliphatic heterocycles. The third-order valence-corrected chi connectivity index (χ3v) is 4.27. The van der Waals surface area contributed by atoms with Gasteiger partial charge in [-0.05, 0) is 44.4 Å². The third-order valence-electron chi connectivity index (χ3n) is 3.94. The number of ether oxygens (including phenoxy) is 1. The van der Waals surface area contributed by atoms with Crippen LogP contribution in [-0.4, -0.2) is 43.0 Å². The van der Waals surface area contributed by atoms with Crippen molar-refractivity contribution >= 4 is 29.2 Å². The van der Waals surface area contributed by atoms with E-state index in [2.05, 4.69) is 17.0 Å². The van der Waals surface area contributed by atoms with Crippen molar-refractivity contribution in [3.8, 4) is 0 Å². The summed E-state index contributed by atoms with van der Waals surface area (Å²) >= 11 is 5.97. The average molecular weight is 325 g/mol. The molecule has 0 saturated carbocycles. The Bertz CT molecular complexity index is 562. The first-order valence-corrected chi connectivity index (χ1v) is 7.82. The molecule has 120 valence electrons. The highest BCUT2D eigenvalue weighted by molar-refractivity contribution is 6.33. The Labute approximate surface area is 135 Å². The summed E-state index contributed by atoms with van der Waals surface area (Å²) in [5, 5.41) is 3.38. The first-order chi connectivity index (χ1) is 10.5. The summed E-state index contributed by atoms with van der Waals surface area (Å²) in [5.41, 5.74) is 0.954. The van der Waals surface area contributed by atoms with Gasteiger partial charge in [0.25, 0.3) is 0 Å². The van der Waals surface area contributed by atoms with Crippen LogP contribution in [0.1, 0.15) is 36.5 Å². The topological polar surface area (TPSA) is 58.6 Å². The largest absolute Gasteiger partial charge is 0.465 e. The van der Waals surface area contributed by atoms with E-state index in [4.69, 9.17) is 11.6 Å². The maximum absolute atomic E-state index is 12.3. The van der Waals surface area contributed by atoms with E-state index in [1.807, 2.05) is 4.90 Å². The zero-order valence-corrected chi connectivity index (χ0v) is 13.7. The molecule has 0 unspecified atom stereocenters. The lowest BCUT2D eigenvalue weighted by atomic mass is 10.0. The third kappa shape index (κ3) is 3.91. The van der Waals surface area contributed by atoms with Gasteiger partial charge in [0.05, 0.1) is 24.2 Å². The molecular weight excluding hydrogens is 304 g/mol. The van der Waals surface area contributed by atoms with Crippen LogP contribution in [0.5, 0.6) is 0 Å². The number of hydrogen-bond acceptors (Lipinski definition) is 4. The van der Waals surface area contributed by atoms with Gasteiger partial charge >= 0.3 is 5.97 Å². The number of likely N-dealkylation sites (tertiary alicyclic amines) is 1. The molecule has 1 aromatic rings. The van der Waals surface area contributed by atoms with Crippen LogP contribution in [-0.2, 0) is 9.53 Å². The summed E-state index contributed by atoms with van der Waals surface area (Å²) < 4.78 is 4.68. The smallest absolute Gasteiger partial charge is 0.339 e. The molecule has 22 heavy (non-hydrogen) atoms. The molecule has 1 N–H and O–H groups in total. The van der Waals surface area contributed by atoms with Crippen molar-refractivity contribution in [3.05, 3.63) is 28.8 Å². The Kier molecular flexibility index (Phi) is 5.66. The highest BCUT2D eigenvalue weighted by Crippen LogP contribution is 2.22. The molecule has 0 bridgehead atoms. The van der Waals surface area contributed by atoms with Crippen LogP contribution in [0, 0.1) is 0 Å². The van der Waals surface area contributed by atoms with Gasteiger partial charge in [0.2, 0.25) is 5.91 Å². The summed E-state index contributed by atoms with van der Waals surface area (Å²) in [4.78, 5) is 25.8. The second-order valence-electron chi connectivity index (χ2n) is 5.47. The van der Waals surface area contributed by atoms with Crippen LogP contribution in [0.4, 0.5) is 5.69 Å². The van der Waals surface area contributed by atoms with Crippen molar-refractivity contribution in [1.82, 2.24) is 4.90 Å². The van der Waals surface area contributed by atoms with Crippen LogP contribution in [0.3, 0.4) is 0 Å². The van der Waals surface area contributed by atoms with E-state index in [0.717, 1.165) is 19.4 Å². The monoisotopic (exact) mass is 324 g/mol. The Morgan fingerprint density at radius 1 is 1.41 bits per heavy atom. The fourth-order valence-electron chi connectivity index (χ4n) is 2.65. The lowest BCUT2D eigenvalue weighted by Gasteiger charge is -2.33. The zero-order chi connectivity index (χ0) is 16.1. The van der Waals surface area contributed by atoms with Gasteiger partial charge in [0.1, 0.15) is 0 Å². The van der Waals surface area contributed by atoms with Crippen molar-refractivity contribution in [3.63, 3.8) is 0 Å². The molecule has 0 radical (unpaired) electrons. The van der Waals surface area contributed by atoms with E-state index in [9.17, 15) is 9.59 Å². The van der Waals surface area contributed by atoms with Gasteiger partial charge in [0.15, 0.2) is 0 Å². The van der Waals surface area contributed by atoms with Crippen molar-refractivity contribution in [2.75, 3.05) is 25.5 Å². The Morgan fingerprint density at radius 2 is 2.18 bits per heavy atom. The van der Waals surface area contributed by atoms with Crippen LogP contribution in [0.25, 0.3) is 0 Å². The van der Waals surface area contributed by atoms with E-state index in [1.165, 1.54) is 13.5 Å². The summed E-state index contributed by atoms with van der Waals surface area (Å²) in [5.74, 6) is -0.425. The van der Waals surface area contributed by atoms with Crippen molar-refractivity contribution in [2.45, 2.75) is 32.2 Å². The predicted molar refractivity (Wildman–Crippen MR) is 86.3 cm³/mol. The standard InChI is InChI=1S/C16H21ClN2O3/c1-11-5-3-4-8-19(11)15(20)10-18-12-6-7-14(17)13(9-12)16(21)22-2/h6-7,9,11,18H,3-5,8,10H2,1-2H3/t11-/m0/s1. The maximum atomic E-state index is 12.3. The second kappa shape index (κ2) is 7.49. The number of benzene rings is 1. The fraction of sp³-hybridized carbons (Fsp3) is 0.500. The average Bonchev–Trinajstić information content (AvgIpc) is 2.53. The van der Waals surface area contributed by atoms with E-state index in [1.54, 1.807) is 18.2 Å². The van der Waals surface area contributed by atoms with Gasteiger partial charge in [-0.1, -0.05) is 11.6 Å². The Morgan fingerprint density at radius 3 is 2.86 bits per heavy atom. The molecule has 1 aromatic carbocycles. The Balaban J connectivity index is 1.99. The van der Waals surface area contributed by atoms with Crippen molar-refractivity contribution < 1.29 is 14.3 Å². The van der Waals surface area contributed by atoms with Gasteiger partial charge in [-0.25, -0.2) is 4.79 Å². The number of esters is 1. The predicted octanol–water partition coefficient (Wildman–Crippen LogP) is 2.94. The van der Waals surface area contributed by atoms with Gasteiger partial charge in [-0.2, -0.15) is 0 Å². The zero-order valence-electron chi connectivity index (χ0n) is 12.9. The summed E-state index contributed by atoms with van der Waals surface area (Å²) in [6.45, 7) is 3.09. The van der Waals surface area contributed by atoms with Gasteiger partial charge in [0, 0.05) is 18.3 Å². The fourth-order valence-corrected chi connectivity index (χ4v) is 2.84. The first kappa shape index (κ1) is 16.6. The highest BCUT2D eigenvalue weighted by Gasteiger charge is 2.22. The first-order valence-electron chi connectivity index (χ1n) is 7.44. The second-order valence-corrected chi connectivity index (χ2v) is 5.88. The lowest BCUT2D eigenvalue weighted by Crippen LogP contribution is -2.44. The van der Waals surface area contributed by atoms with E-state index >= 15 is 0 Å². The number of halogens is 1. The minimum Gasteiger partial charge on any atom is -0.465 e. The molecule has 0 aliphatic carbocycles.